The molecule has 0 unspecified atom stereocenters. The molecule has 1 amide bonds. The number of ether oxygens (including phenoxy) is 3. The Hall–Kier alpha value is -2.03. The van der Waals surface area contributed by atoms with Gasteiger partial charge >= 0.3 is 5.97 Å². The molecule has 166 valence electrons. The smallest absolute Gasteiger partial charge is 0.355 e. The minimum Gasteiger partial charge on any atom is -0.461 e. The van der Waals surface area contributed by atoms with E-state index in [0.717, 1.165) is 16.7 Å². The second-order valence-corrected chi connectivity index (χ2v) is 12.8. The highest BCUT2D eigenvalue weighted by Gasteiger charge is 2.21. The molecule has 1 saturated heterocycles. The van der Waals surface area contributed by atoms with Crippen LogP contribution in [-0.2, 0) is 20.9 Å². The van der Waals surface area contributed by atoms with Crippen LogP contribution in [0, 0.1) is 0 Å². The maximum absolute atomic E-state index is 12.8. The molecule has 2 aromatic rings. The molecule has 7 nitrogen and oxygen atoms in total. The molecule has 1 aromatic carbocycles. The fourth-order valence-corrected chi connectivity index (χ4v) is 3.95. The van der Waals surface area contributed by atoms with E-state index in [-0.39, 0.29) is 18.6 Å². The van der Waals surface area contributed by atoms with Crippen molar-refractivity contribution in [3.63, 3.8) is 0 Å². The Labute approximate surface area is 179 Å². The van der Waals surface area contributed by atoms with E-state index in [9.17, 15) is 9.59 Å². The maximum Gasteiger partial charge on any atom is 0.355 e. The Bertz CT molecular complexity index is 897. The molecule has 0 atom stereocenters. The zero-order valence-electron chi connectivity index (χ0n) is 18.3. The molecule has 1 aliphatic rings. The number of esters is 1. The molecule has 0 saturated carbocycles. The first kappa shape index (κ1) is 22.7. The van der Waals surface area contributed by atoms with Crippen molar-refractivity contribution in [2.45, 2.75) is 13.7 Å². The first-order valence-electron chi connectivity index (χ1n) is 10.2. The van der Waals surface area contributed by atoms with Crippen molar-refractivity contribution in [1.82, 2.24) is 9.47 Å². The van der Waals surface area contributed by atoms with Gasteiger partial charge in [0.15, 0.2) is 0 Å². The van der Waals surface area contributed by atoms with Gasteiger partial charge in [0, 0.05) is 29.8 Å². The number of hydrogen-bond donors (Lipinski definition) is 0. The molecule has 3 rings (SSSR count). The monoisotopic (exact) mass is 436 g/mol. The molecular weight excluding hydrogens is 404 g/mol. The number of carbonyl (C=O) groups is 2. The van der Waals surface area contributed by atoms with E-state index in [1.807, 2.05) is 22.8 Å². The van der Waals surface area contributed by atoms with Gasteiger partial charge in [-0.2, -0.15) is 0 Å². The van der Waals surface area contributed by atoms with E-state index in [2.05, 4.69) is 18.8 Å². The molecule has 8 heteroatoms. The Balaban J connectivity index is 1.85. The number of aromatic nitrogens is 1. The van der Waals surface area contributed by atoms with Crippen molar-refractivity contribution < 1.29 is 23.8 Å². The van der Waals surface area contributed by atoms with Gasteiger partial charge in [-0.05, 0) is 50.0 Å². The predicted molar refractivity (Wildman–Crippen MR) is 121 cm³/mol. The number of morpholine rings is 1. The number of hydrogen-bond acceptors (Lipinski definition) is 5. The van der Waals surface area contributed by atoms with E-state index < -0.39 is 10.0 Å². The third-order valence-electron chi connectivity index (χ3n) is 4.99. The summed E-state index contributed by atoms with van der Waals surface area (Å²) in [6.07, 6.45) is 6.75. The topological polar surface area (TPSA) is 70.0 Å². The number of fused-ring (bicyclic) bond motifs is 1. The molecule has 1 fully saturated rings. The molecule has 0 bridgehead atoms. The second kappa shape index (κ2) is 9.85. The summed E-state index contributed by atoms with van der Waals surface area (Å²) in [5.41, 5.74) is 1.89. The molecular formula is C22H32N2O5S. The summed E-state index contributed by atoms with van der Waals surface area (Å²) in [5, 5.41) is 0.821. The summed E-state index contributed by atoms with van der Waals surface area (Å²) >= 11 is 0. The SMILES string of the molecule is CCOC(=O)c1cc2cc(C(=O)N3CCOCC3)ccc2n1COCCS(C)(C)C. The van der Waals surface area contributed by atoms with Crippen LogP contribution in [0.15, 0.2) is 24.3 Å². The zero-order valence-corrected chi connectivity index (χ0v) is 19.1. The van der Waals surface area contributed by atoms with E-state index in [4.69, 9.17) is 14.2 Å². The third kappa shape index (κ3) is 5.56. The highest BCUT2D eigenvalue weighted by Crippen LogP contribution is 2.33. The van der Waals surface area contributed by atoms with Gasteiger partial charge in [-0.25, -0.2) is 14.8 Å². The van der Waals surface area contributed by atoms with Crippen molar-refractivity contribution >= 4 is 32.8 Å². The molecule has 0 aliphatic carbocycles. The predicted octanol–water partition coefficient (Wildman–Crippen LogP) is 2.96. The third-order valence-corrected chi connectivity index (χ3v) is 6.38. The lowest BCUT2D eigenvalue weighted by Crippen LogP contribution is -2.40. The van der Waals surface area contributed by atoms with Gasteiger partial charge in [-0.15, -0.1) is 0 Å². The molecule has 0 spiro atoms. The normalized spacial score (nSPS) is 15.4. The molecule has 1 aromatic heterocycles. The van der Waals surface area contributed by atoms with Crippen molar-refractivity contribution in [1.29, 1.82) is 0 Å². The Morgan fingerprint density at radius 2 is 1.87 bits per heavy atom. The number of rotatable bonds is 8. The highest BCUT2D eigenvalue weighted by atomic mass is 32.3. The van der Waals surface area contributed by atoms with Gasteiger partial charge in [0.05, 0.1) is 31.9 Å². The zero-order chi connectivity index (χ0) is 21.7. The van der Waals surface area contributed by atoms with Crippen LogP contribution in [0.1, 0.15) is 27.8 Å². The highest BCUT2D eigenvalue weighted by molar-refractivity contribution is 8.32. The fourth-order valence-electron chi connectivity index (χ4n) is 3.33. The van der Waals surface area contributed by atoms with Crippen LogP contribution < -0.4 is 0 Å². The van der Waals surface area contributed by atoms with E-state index in [1.165, 1.54) is 0 Å². The molecule has 1 aliphatic heterocycles. The summed E-state index contributed by atoms with van der Waals surface area (Å²) in [5.74, 6) is 0.592. The van der Waals surface area contributed by atoms with Gasteiger partial charge in [0.1, 0.15) is 12.4 Å². The van der Waals surface area contributed by atoms with Crippen molar-refractivity contribution in [3.05, 3.63) is 35.5 Å². The van der Waals surface area contributed by atoms with Crippen LogP contribution >= 0.6 is 10.0 Å². The van der Waals surface area contributed by atoms with Crippen LogP contribution in [0.25, 0.3) is 10.9 Å². The Morgan fingerprint density at radius 3 is 2.53 bits per heavy atom. The molecule has 30 heavy (non-hydrogen) atoms. The molecule has 0 N–H and O–H groups in total. The minimum absolute atomic E-state index is 0.0185. The second-order valence-electron chi connectivity index (χ2n) is 8.19. The van der Waals surface area contributed by atoms with Crippen LogP contribution in [0.4, 0.5) is 0 Å². The molecule has 0 radical (unpaired) electrons. The average Bonchev–Trinajstić information content (AvgIpc) is 3.08. The Kier molecular flexibility index (Phi) is 7.44. The van der Waals surface area contributed by atoms with Crippen molar-refractivity contribution in [2.24, 2.45) is 0 Å². The van der Waals surface area contributed by atoms with Crippen LogP contribution in [0.5, 0.6) is 0 Å². The number of amides is 1. The first-order chi connectivity index (χ1) is 14.3. The van der Waals surface area contributed by atoms with Gasteiger partial charge in [0.25, 0.3) is 5.91 Å². The summed E-state index contributed by atoms with van der Waals surface area (Å²) < 4.78 is 18.3. The van der Waals surface area contributed by atoms with Crippen molar-refractivity contribution in [2.75, 3.05) is 64.0 Å². The first-order valence-corrected chi connectivity index (χ1v) is 13.2. The lowest BCUT2D eigenvalue weighted by molar-refractivity contribution is 0.0303. The van der Waals surface area contributed by atoms with Crippen molar-refractivity contribution in [3.8, 4) is 0 Å². The fraction of sp³-hybridized carbons (Fsp3) is 0.545. The number of benzene rings is 1. The lowest BCUT2D eigenvalue weighted by atomic mass is 10.1. The van der Waals surface area contributed by atoms with Crippen LogP contribution in [0.2, 0.25) is 0 Å². The Morgan fingerprint density at radius 1 is 1.13 bits per heavy atom. The van der Waals surface area contributed by atoms with Gasteiger partial charge in [-0.1, -0.05) is 0 Å². The van der Waals surface area contributed by atoms with Crippen LogP contribution in [-0.4, -0.2) is 85.4 Å². The standard InChI is InChI=1S/C22H32N2O5S/c1-5-29-22(26)20-15-18-14-17(21(25)23-8-10-27-11-9-23)6-7-19(18)24(20)16-28-12-13-30(2,3)4/h6-7,14-15H,5,8-13,16H2,1-4H3. The van der Waals surface area contributed by atoms with E-state index in [1.54, 1.807) is 17.9 Å². The summed E-state index contributed by atoms with van der Waals surface area (Å²) in [6, 6.07) is 7.31. The number of nitrogens with zero attached hydrogens (tertiary/aromatic N) is 2. The average molecular weight is 437 g/mol. The summed E-state index contributed by atoms with van der Waals surface area (Å²) in [7, 11) is -0.646. The summed E-state index contributed by atoms with van der Waals surface area (Å²) in [6.45, 7) is 5.29. The van der Waals surface area contributed by atoms with Crippen LogP contribution in [0.3, 0.4) is 0 Å². The van der Waals surface area contributed by atoms with Gasteiger partial charge in [-0.3, -0.25) is 4.79 Å². The van der Waals surface area contributed by atoms with E-state index in [0.29, 0.717) is 50.8 Å². The quantitative estimate of drug-likeness (QED) is 0.470. The minimum atomic E-state index is -0.646. The molecule has 2 heterocycles. The van der Waals surface area contributed by atoms with E-state index >= 15 is 0 Å². The maximum atomic E-state index is 12.8. The summed E-state index contributed by atoms with van der Waals surface area (Å²) in [4.78, 5) is 27.1. The lowest BCUT2D eigenvalue weighted by Gasteiger charge is -2.26. The van der Waals surface area contributed by atoms with Gasteiger partial charge < -0.3 is 23.7 Å². The van der Waals surface area contributed by atoms with Gasteiger partial charge in [0.2, 0.25) is 0 Å². The largest absolute Gasteiger partial charge is 0.461 e. The number of carbonyl (C=O) groups excluding carboxylic acids is 2.